The first-order valence-corrected chi connectivity index (χ1v) is 8.94. The lowest BCUT2D eigenvalue weighted by atomic mass is 10.0. The van der Waals surface area contributed by atoms with Gasteiger partial charge in [0.15, 0.2) is 5.78 Å². The number of amides is 1. The molecule has 0 bridgehead atoms. The molecule has 1 aromatic carbocycles. The fourth-order valence-corrected chi connectivity index (χ4v) is 3.37. The molecule has 1 aliphatic heterocycles. The summed E-state index contributed by atoms with van der Waals surface area (Å²) >= 11 is 0. The number of aromatic amines is 1. The largest absolute Gasteiger partial charge is 0.497 e. The van der Waals surface area contributed by atoms with Crippen molar-refractivity contribution in [1.82, 2.24) is 15.2 Å². The predicted molar refractivity (Wildman–Crippen MR) is 99.7 cm³/mol. The number of hydrogen-bond acceptors (Lipinski definition) is 4. The highest BCUT2D eigenvalue weighted by molar-refractivity contribution is 5.99. The molecule has 138 valence electrons. The maximum Gasteiger partial charge on any atom is 0.267 e. The normalized spacial score (nSPS) is 15.6. The highest BCUT2D eigenvalue weighted by Gasteiger charge is 2.24. The predicted octanol–water partition coefficient (Wildman–Crippen LogP) is 2.79. The molecule has 0 radical (unpaired) electrons. The molecule has 2 heterocycles. The number of ketones is 1. The van der Waals surface area contributed by atoms with E-state index in [4.69, 9.17) is 4.74 Å². The Balaban J connectivity index is 1.72. The molecule has 1 unspecified atom stereocenters. The number of nitrogens with zero attached hydrogens (tertiary/aromatic N) is 1. The first kappa shape index (κ1) is 18.2. The van der Waals surface area contributed by atoms with Crippen LogP contribution in [-0.4, -0.2) is 48.3 Å². The number of hydrogen-bond donors (Lipinski definition) is 2. The first-order chi connectivity index (χ1) is 12.6. The summed E-state index contributed by atoms with van der Waals surface area (Å²) in [5, 5.41) is 3.00. The Hall–Kier alpha value is -2.60. The molecular formula is C20H25N3O3. The molecule has 26 heavy (non-hydrogen) atoms. The minimum Gasteiger partial charge on any atom is -0.497 e. The van der Waals surface area contributed by atoms with E-state index in [9.17, 15) is 9.59 Å². The van der Waals surface area contributed by atoms with Crippen LogP contribution in [0, 0.1) is 0 Å². The van der Waals surface area contributed by atoms with Crippen LogP contribution in [0.2, 0.25) is 0 Å². The van der Waals surface area contributed by atoms with E-state index in [0.717, 1.165) is 24.4 Å². The zero-order chi connectivity index (χ0) is 18.5. The molecule has 1 aliphatic rings. The van der Waals surface area contributed by atoms with Gasteiger partial charge in [0.05, 0.1) is 13.2 Å². The SMILES string of the molecule is COc1cccc(C(CNC(=O)c2cc(C(C)=O)c[nH]2)N2CCCC2)c1. The van der Waals surface area contributed by atoms with Gasteiger partial charge < -0.3 is 15.0 Å². The minimum absolute atomic E-state index is 0.0633. The Labute approximate surface area is 153 Å². The van der Waals surface area contributed by atoms with Crippen molar-refractivity contribution < 1.29 is 14.3 Å². The van der Waals surface area contributed by atoms with Gasteiger partial charge in [-0.2, -0.15) is 0 Å². The number of methoxy groups -OCH3 is 1. The summed E-state index contributed by atoms with van der Waals surface area (Å²) in [4.78, 5) is 29.1. The van der Waals surface area contributed by atoms with Gasteiger partial charge in [0.1, 0.15) is 11.4 Å². The van der Waals surface area contributed by atoms with Crippen LogP contribution in [0.4, 0.5) is 0 Å². The Kier molecular flexibility index (Phi) is 5.73. The van der Waals surface area contributed by atoms with E-state index >= 15 is 0 Å². The third-order valence-corrected chi connectivity index (χ3v) is 4.85. The monoisotopic (exact) mass is 355 g/mol. The zero-order valence-corrected chi connectivity index (χ0v) is 15.2. The molecular weight excluding hydrogens is 330 g/mol. The molecule has 0 aliphatic carbocycles. The number of benzene rings is 1. The Bertz CT molecular complexity index is 778. The van der Waals surface area contributed by atoms with Crippen LogP contribution in [0.25, 0.3) is 0 Å². The van der Waals surface area contributed by atoms with Gasteiger partial charge >= 0.3 is 0 Å². The van der Waals surface area contributed by atoms with Gasteiger partial charge in [0.2, 0.25) is 0 Å². The van der Waals surface area contributed by atoms with Crippen LogP contribution in [0.3, 0.4) is 0 Å². The number of rotatable bonds is 7. The third kappa shape index (κ3) is 4.14. The van der Waals surface area contributed by atoms with Crippen molar-refractivity contribution in [2.45, 2.75) is 25.8 Å². The minimum atomic E-state index is -0.204. The second kappa shape index (κ2) is 8.19. The summed E-state index contributed by atoms with van der Waals surface area (Å²) in [5.41, 5.74) is 2.04. The fraction of sp³-hybridized carbons (Fsp3) is 0.400. The van der Waals surface area contributed by atoms with Crippen molar-refractivity contribution in [2.75, 3.05) is 26.7 Å². The van der Waals surface area contributed by atoms with E-state index in [1.807, 2.05) is 18.2 Å². The van der Waals surface area contributed by atoms with E-state index < -0.39 is 0 Å². The highest BCUT2D eigenvalue weighted by Crippen LogP contribution is 2.27. The molecule has 1 atom stereocenters. The first-order valence-electron chi connectivity index (χ1n) is 8.94. The number of carbonyl (C=O) groups is 2. The number of ether oxygens (including phenoxy) is 1. The van der Waals surface area contributed by atoms with Crippen molar-refractivity contribution in [3.8, 4) is 5.75 Å². The molecule has 0 saturated carbocycles. The molecule has 2 N–H and O–H groups in total. The number of H-pyrrole nitrogens is 1. The Morgan fingerprint density at radius 1 is 1.27 bits per heavy atom. The fourth-order valence-electron chi connectivity index (χ4n) is 3.37. The van der Waals surface area contributed by atoms with Crippen LogP contribution in [0.5, 0.6) is 5.75 Å². The summed E-state index contributed by atoms with van der Waals surface area (Å²) < 4.78 is 5.34. The molecule has 1 amide bonds. The number of likely N-dealkylation sites (tertiary alicyclic amines) is 1. The second-order valence-electron chi connectivity index (χ2n) is 6.60. The number of Topliss-reactive ketones (excluding diaryl/α,β-unsaturated/α-hetero) is 1. The quantitative estimate of drug-likeness (QED) is 0.749. The van der Waals surface area contributed by atoms with Gasteiger partial charge in [-0.3, -0.25) is 14.5 Å². The van der Waals surface area contributed by atoms with Gasteiger partial charge in [0, 0.05) is 18.3 Å². The van der Waals surface area contributed by atoms with Crippen LogP contribution in [0.1, 0.15) is 52.2 Å². The van der Waals surface area contributed by atoms with Crippen LogP contribution in [0.15, 0.2) is 36.5 Å². The van der Waals surface area contributed by atoms with Crippen LogP contribution >= 0.6 is 0 Å². The van der Waals surface area contributed by atoms with Gasteiger partial charge in [-0.25, -0.2) is 0 Å². The Morgan fingerprint density at radius 3 is 2.69 bits per heavy atom. The standard InChI is InChI=1S/C20H25N3O3/c1-14(24)16-11-18(21-12-16)20(25)22-13-19(23-8-3-4-9-23)15-6-5-7-17(10-15)26-2/h5-7,10-12,19,21H,3-4,8-9,13H2,1-2H3,(H,22,25). The average Bonchev–Trinajstić information content (AvgIpc) is 3.34. The molecule has 0 spiro atoms. The molecule has 1 aromatic heterocycles. The second-order valence-corrected chi connectivity index (χ2v) is 6.60. The number of carbonyl (C=O) groups excluding carboxylic acids is 2. The van der Waals surface area contributed by atoms with Gasteiger partial charge in [-0.1, -0.05) is 12.1 Å². The van der Waals surface area contributed by atoms with Crippen molar-refractivity contribution in [3.05, 3.63) is 53.3 Å². The topological polar surface area (TPSA) is 74.4 Å². The van der Waals surface area contributed by atoms with Crippen molar-refractivity contribution in [1.29, 1.82) is 0 Å². The number of nitrogens with one attached hydrogen (secondary N) is 2. The summed E-state index contributed by atoms with van der Waals surface area (Å²) in [7, 11) is 1.66. The van der Waals surface area contributed by atoms with E-state index in [1.165, 1.54) is 19.8 Å². The van der Waals surface area contributed by atoms with Crippen molar-refractivity contribution in [3.63, 3.8) is 0 Å². The van der Waals surface area contributed by atoms with E-state index in [0.29, 0.717) is 17.8 Å². The molecule has 1 saturated heterocycles. The smallest absolute Gasteiger partial charge is 0.267 e. The van der Waals surface area contributed by atoms with Crippen LogP contribution < -0.4 is 10.1 Å². The molecule has 2 aromatic rings. The lowest BCUT2D eigenvalue weighted by Gasteiger charge is -2.28. The lowest BCUT2D eigenvalue weighted by molar-refractivity contribution is 0.0933. The highest BCUT2D eigenvalue weighted by atomic mass is 16.5. The molecule has 6 heteroatoms. The zero-order valence-electron chi connectivity index (χ0n) is 15.2. The summed E-state index contributed by atoms with van der Waals surface area (Å²) in [5.74, 6) is 0.546. The summed E-state index contributed by atoms with van der Waals surface area (Å²) in [6.07, 6.45) is 3.91. The van der Waals surface area contributed by atoms with Crippen molar-refractivity contribution in [2.24, 2.45) is 0 Å². The maximum absolute atomic E-state index is 12.5. The summed E-state index contributed by atoms with van der Waals surface area (Å²) in [6.45, 7) is 4.03. The van der Waals surface area contributed by atoms with E-state index in [-0.39, 0.29) is 17.7 Å². The lowest BCUT2D eigenvalue weighted by Crippen LogP contribution is -2.36. The molecule has 3 rings (SSSR count). The molecule has 1 fully saturated rings. The molecule has 6 nitrogen and oxygen atoms in total. The third-order valence-electron chi connectivity index (χ3n) is 4.85. The van der Waals surface area contributed by atoms with Gasteiger partial charge in [-0.15, -0.1) is 0 Å². The van der Waals surface area contributed by atoms with Gasteiger partial charge in [0.25, 0.3) is 5.91 Å². The average molecular weight is 355 g/mol. The van der Waals surface area contributed by atoms with Crippen LogP contribution in [-0.2, 0) is 0 Å². The van der Waals surface area contributed by atoms with Crippen molar-refractivity contribution >= 4 is 11.7 Å². The van der Waals surface area contributed by atoms with E-state index in [2.05, 4.69) is 21.3 Å². The summed E-state index contributed by atoms with van der Waals surface area (Å²) in [6, 6.07) is 9.68. The Morgan fingerprint density at radius 2 is 2.04 bits per heavy atom. The van der Waals surface area contributed by atoms with E-state index in [1.54, 1.807) is 19.4 Å². The maximum atomic E-state index is 12.5. The number of aromatic nitrogens is 1. The van der Waals surface area contributed by atoms with Gasteiger partial charge in [-0.05, 0) is 56.6 Å².